The van der Waals surface area contributed by atoms with Gasteiger partial charge in [-0.3, -0.25) is 4.79 Å². The van der Waals surface area contributed by atoms with E-state index in [1.165, 1.54) is 6.08 Å². The summed E-state index contributed by atoms with van der Waals surface area (Å²) in [6.07, 6.45) is 6.54. The van der Waals surface area contributed by atoms with Gasteiger partial charge in [0.05, 0.1) is 17.6 Å². The lowest BCUT2D eigenvalue weighted by Crippen LogP contribution is -2.46. The summed E-state index contributed by atoms with van der Waals surface area (Å²) in [7, 11) is 0. The Morgan fingerprint density at radius 3 is 2.95 bits per heavy atom. The number of pyridine rings is 1. The first-order chi connectivity index (χ1) is 10.2. The molecule has 4 N–H and O–H groups in total. The highest BCUT2D eigenvalue weighted by molar-refractivity contribution is 6.10. The number of amides is 1. The maximum atomic E-state index is 12.4. The minimum absolute atomic E-state index is 0.123. The van der Waals surface area contributed by atoms with Crippen LogP contribution in [0.4, 0.5) is 11.4 Å². The van der Waals surface area contributed by atoms with E-state index >= 15 is 0 Å². The van der Waals surface area contributed by atoms with Crippen LogP contribution >= 0.6 is 0 Å². The van der Waals surface area contributed by atoms with Crippen molar-refractivity contribution in [2.75, 3.05) is 23.7 Å². The minimum Gasteiger partial charge on any atom is -0.396 e. The number of aromatic nitrogens is 2. The van der Waals surface area contributed by atoms with Crippen LogP contribution in [0.1, 0.15) is 12.8 Å². The van der Waals surface area contributed by atoms with Gasteiger partial charge in [-0.1, -0.05) is 6.58 Å². The number of nitrogens with one attached hydrogen (secondary N) is 2. The number of fused-ring (bicyclic) bond motifs is 1. The molecule has 3 rings (SSSR count). The molecule has 6 nitrogen and oxygen atoms in total. The molecule has 21 heavy (non-hydrogen) atoms. The fourth-order valence-corrected chi connectivity index (χ4v) is 2.91. The zero-order chi connectivity index (χ0) is 14.8. The summed E-state index contributed by atoms with van der Waals surface area (Å²) in [6.45, 7) is 5.42. The zero-order valence-corrected chi connectivity index (χ0v) is 11.8. The lowest BCUT2D eigenvalue weighted by Gasteiger charge is -2.35. The highest BCUT2D eigenvalue weighted by Crippen LogP contribution is 2.34. The Morgan fingerprint density at radius 1 is 1.48 bits per heavy atom. The number of aromatic amines is 1. The third-order valence-electron chi connectivity index (χ3n) is 3.91. The number of hydrogen-bond acceptors (Lipinski definition) is 4. The second-order valence-electron chi connectivity index (χ2n) is 5.20. The van der Waals surface area contributed by atoms with E-state index in [1.807, 2.05) is 6.07 Å². The van der Waals surface area contributed by atoms with Crippen molar-refractivity contribution >= 4 is 28.3 Å². The number of H-pyrrole nitrogens is 1. The number of piperidine rings is 1. The van der Waals surface area contributed by atoms with Gasteiger partial charge in [0, 0.05) is 17.6 Å². The highest BCUT2D eigenvalue weighted by atomic mass is 16.2. The molecular formula is C15H19N5O. The van der Waals surface area contributed by atoms with E-state index in [4.69, 9.17) is 5.73 Å². The van der Waals surface area contributed by atoms with Gasteiger partial charge in [0.1, 0.15) is 5.65 Å². The van der Waals surface area contributed by atoms with E-state index in [9.17, 15) is 4.79 Å². The molecule has 0 atom stereocenters. The van der Waals surface area contributed by atoms with Crippen molar-refractivity contribution in [1.82, 2.24) is 15.3 Å². The van der Waals surface area contributed by atoms with E-state index in [2.05, 4.69) is 21.9 Å². The number of carbonyl (C=O) groups is 1. The predicted octanol–water partition coefficient (Wildman–Crippen LogP) is 1.42. The van der Waals surface area contributed by atoms with Crippen molar-refractivity contribution in [1.29, 1.82) is 0 Å². The molecule has 0 radical (unpaired) electrons. The third-order valence-corrected chi connectivity index (χ3v) is 3.91. The van der Waals surface area contributed by atoms with Gasteiger partial charge in [-0.15, -0.1) is 0 Å². The first-order valence-corrected chi connectivity index (χ1v) is 7.10. The molecule has 110 valence electrons. The first kappa shape index (κ1) is 13.6. The van der Waals surface area contributed by atoms with Crippen LogP contribution in [0.5, 0.6) is 0 Å². The monoisotopic (exact) mass is 285 g/mol. The van der Waals surface area contributed by atoms with Gasteiger partial charge in [-0.05, 0) is 38.1 Å². The van der Waals surface area contributed by atoms with Crippen LogP contribution in [0.25, 0.3) is 11.0 Å². The molecule has 0 unspecified atom stereocenters. The van der Waals surface area contributed by atoms with Crippen LogP contribution < -0.4 is 16.0 Å². The molecule has 3 heterocycles. The van der Waals surface area contributed by atoms with Crippen LogP contribution in [0, 0.1) is 0 Å². The van der Waals surface area contributed by atoms with Gasteiger partial charge in [-0.2, -0.15) is 0 Å². The summed E-state index contributed by atoms with van der Waals surface area (Å²) in [6, 6.07) is 2.03. The fourth-order valence-electron chi connectivity index (χ4n) is 2.91. The van der Waals surface area contributed by atoms with Crippen molar-refractivity contribution in [2.45, 2.75) is 18.9 Å². The number of nitrogens with zero attached hydrogens (tertiary/aromatic N) is 2. The molecule has 1 aliphatic heterocycles. The molecule has 0 aliphatic carbocycles. The molecule has 2 aromatic heterocycles. The summed E-state index contributed by atoms with van der Waals surface area (Å²) in [5.74, 6) is -0.123. The quantitative estimate of drug-likeness (QED) is 0.744. The molecule has 0 spiro atoms. The van der Waals surface area contributed by atoms with E-state index in [0.717, 1.165) is 42.7 Å². The maximum absolute atomic E-state index is 12.4. The second kappa shape index (κ2) is 5.57. The number of nitrogens with two attached hydrogens (primary N) is 1. The van der Waals surface area contributed by atoms with Crippen LogP contribution in [0.2, 0.25) is 0 Å². The lowest BCUT2D eigenvalue weighted by molar-refractivity contribution is -0.114. The Kier molecular flexibility index (Phi) is 3.62. The van der Waals surface area contributed by atoms with E-state index in [0.29, 0.717) is 5.69 Å². The second-order valence-corrected chi connectivity index (χ2v) is 5.20. The number of anilines is 2. The van der Waals surface area contributed by atoms with Crippen LogP contribution in [0.3, 0.4) is 0 Å². The molecule has 1 amide bonds. The molecular weight excluding hydrogens is 266 g/mol. The molecule has 0 aromatic carbocycles. The van der Waals surface area contributed by atoms with E-state index in [1.54, 1.807) is 17.3 Å². The van der Waals surface area contributed by atoms with Gasteiger partial charge in [0.15, 0.2) is 0 Å². The topological polar surface area (TPSA) is 87.0 Å². The first-order valence-electron chi connectivity index (χ1n) is 7.10. The predicted molar refractivity (Wildman–Crippen MR) is 84.1 cm³/mol. The Morgan fingerprint density at radius 2 is 2.24 bits per heavy atom. The zero-order valence-electron chi connectivity index (χ0n) is 11.8. The molecule has 6 heteroatoms. The standard InChI is InChI=1S/C15H19N5O/c1-2-13(21)20(10-3-6-17-7-4-10)14-11-5-8-18-15(11)19-9-12(14)16/h2,5,8-10,17H,1,3-4,6-7,16H2,(H,18,19). The highest BCUT2D eigenvalue weighted by Gasteiger charge is 2.28. The molecule has 1 saturated heterocycles. The van der Waals surface area contributed by atoms with Crippen molar-refractivity contribution in [3.05, 3.63) is 31.1 Å². The van der Waals surface area contributed by atoms with Gasteiger partial charge >= 0.3 is 0 Å². The molecule has 0 saturated carbocycles. The number of rotatable bonds is 3. The van der Waals surface area contributed by atoms with Crippen LogP contribution in [-0.2, 0) is 4.79 Å². The molecule has 0 bridgehead atoms. The summed E-state index contributed by atoms with van der Waals surface area (Å²) >= 11 is 0. The third kappa shape index (κ3) is 2.38. The van der Waals surface area contributed by atoms with Crippen molar-refractivity contribution in [3.63, 3.8) is 0 Å². The molecule has 1 fully saturated rings. The molecule has 2 aromatic rings. The summed E-state index contributed by atoms with van der Waals surface area (Å²) in [5.41, 5.74) is 8.10. The number of hydrogen-bond donors (Lipinski definition) is 3. The smallest absolute Gasteiger partial charge is 0.250 e. The van der Waals surface area contributed by atoms with Gasteiger partial charge in [-0.25, -0.2) is 4.98 Å². The average molecular weight is 285 g/mol. The van der Waals surface area contributed by atoms with E-state index in [-0.39, 0.29) is 11.9 Å². The van der Waals surface area contributed by atoms with Crippen molar-refractivity contribution < 1.29 is 4.79 Å². The normalized spacial score (nSPS) is 16.0. The maximum Gasteiger partial charge on any atom is 0.250 e. The van der Waals surface area contributed by atoms with E-state index < -0.39 is 0 Å². The SMILES string of the molecule is C=CC(=O)N(c1c(N)cnc2[nH]ccc12)C1CCNCC1. The fraction of sp³-hybridized carbons (Fsp3) is 0.333. The largest absolute Gasteiger partial charge is 0.396 e. The summed E-state index contributed by atoms with van der Waals surface area (Å²) < 4.78 is 0. The lowest BCUT2D eigenvalue weighted by atomic mass is 10.0. The van der Waals surface area contributed by atoms with Crippen LogP contribution in [-0.4, -0.2) is 35.0 Å². The van der Waals surface area contributed by atoms with Crippen LogP contribution in [0.15, 0.2) is 31.1 Å². The average Bonchev–Trinajstić information content (AvgIpc) is 2.99. The van der Waals surface area contributed by atoms with Gasteiger partial charge in [0.25, 0.3) is 5.91 Å². The minimum atomic E-state index is -0.123. The Balaban J connectivity index is 2.13. The Labute approximate surface area is 123 Å². The Hall–Kier alpha value is -2.34. The van der Waals surface area contributed by atoms with Gasteiger partial charge in [0.2, 0.25) is 0 Å². The number of nitrogen functional groups attached to an aromatic ring is 1. The summed E-state index contributed by atoms with van der Waals surface area (Å²) in [4.78, 5) is 21.5. The number of carbonyl (C=O) groups excluding carboxylic acids is 1. The summed E-state index contributed by atoms with van der Waals surface area (Å²) in [5, 5.41) is 4.18. The Bertz CT molecular complexity index is 672. The molecule has 1 aliphatic rings. The van der Waals surface area contributed by atoms with Crippen molar-refractivity contribution in [3.8, 4) is 0 Å². The van der Waals surface area contributed by atoms with Crippen molar-refractivity contribution in [2.24, 2.45) is 0 Å². The van der Waals surface area contributed by atoms with Gasteiger partial charge < -0.3 is 20.9 Å².